The molecule has 0 saturated heterocycles. The van der Waals surface area contributed by atoms with Crippen LogP contribution in [0.4, 0.5) is 5.13 Å². The summed E-state index contributed by atoms with van der Waals surface area (Å²) in [4.78, 5) is 4.28. The summed E-state index contributed by atoms with van der Waals surface area (Å²) in [6, 6.07) is 8.21. The largest absolute Gasteiger partial charge is 0.497 e. The third kappa shape index (κ3) is 2.94. The number of nitrogens with zero attached hydrogens (tertiary/aromatic N) is 2. The summed E-state index contributed by atoms with van der Waals surface area (Å²) >= 11 is 1.38. The van der Waals surface area contributed by atoms with Gasteiger partial charge >= 0.3 is 0 Å². The first-order chi connectivity index (χ1) is 8.19. The van der Waals surface area contributed by atoms with E-state index >= 15 is 0 Å². The van der Waals surface area contributed by atoms with Crippen LogP contribution in [0.25, 0.3) is 0 Å². The first kappa shape index (κ1) is 11.9. The van der Waals surface area contributed by atoms with Gasteiger partial charge in [-0.1, -0.05) is 12.1 Å². The topological polar surface area (TPSA) is 47.0 Å². The molecule has 17 heavy (non-hydrogen) atoms. The fourth-order valence-corrected chi connectivity index (χ4v) is 2.18. The predicted molar refractivity (Wildman–Crippen MR) is 69.7 cm³/mol. The van der Waals surface area contributed by atoms with E-state index in [1.807, 2.05) is 31.2 Å². The van der Waals surface area contributed by atoms with Crippen LogP contribution in [-0.2, 0) is 0 Å². The molecule has 1 heterocycles. The van der Waals surface area contributed by atoms with Crippen molar-refractivity contribution in [3.63, 3.8) is 0 Å². The Morgan fingerprint density at radius 3 is 2.53 bits per heavy atom. The summed E-state index contributed by atoms with van der Waals surface area (Å²) in [7, 11) is 1.67. The fourth-order valence-electron chi connectivity index (χ4n) is 1.52. The molecule has 2 aromatic rings. The van der Waals surface area contributed by atoms with Crippen molar-refractivity contribution >= 4 is 16.7 Å². The zero-order valence-electron chi connectivity index (χ0n) is 10.1. The highest BCUT2D eigenvalue weighted by atomic mass is 32.1. The Morgan fingerprint density at radius 1 is 1.29 bits per heavy atom. The molecule has 0 radical (unpaired) electrons. The molecule has 0 spiro atoms. The molecule has 0 aliphatic heterocycles. The molecule has 5 heteroatoms. The van der Waals surface area contributed by atoms with Crippen LogP contribution in [0.1, 0.15) is 24.4 Å². The molecular weight excluding hydrogens is 234 g/mol. The van der Waals surface area contributed by atoms with Gasteiger partial charge in [-0.3, -0.25) is 0 Å². The molecule has 1 aromatic heterocycles. The maximum absolute atomic E-state index is 5.13. The van der Waals surface area contributed by atoms with Gasteiger partial charge in [0.15, 0.2) is 0 Å². The Morgan fingerprint density at radius 2 is 2.00 bits per heavy atom. The second-order valence-electron chi connectivity index (χ2n) is 3.79. The van der Waals surface area contributed by atoms with Gasteiger partial charge in [0.1, 0.15) is 11.6 Å². The molecule has 0 amide bonds. The average molecular weight is 249 g/mol. The lowest BCUT2D eigenvalue weighted by Crippen LogP contribution is -2.06. The number of methoxy groups -OCH3 is 1. The minimum atomic E-state index is 0.202. The maximum Gasteiger partial charge on any atom is 0.203 e. The van der Waals surface area contributed by atoms with E-state index in [1.54, 1.807) is 7.11 Å². The third-order valence-electron chi connectivity index (χ3n) is 2.48. The Labute approximate surface area is 105 Å². The molecule has 1 N–H and O–H groups in total. The molecule has 2 rings (SSSR count). The zero-order valence-corrected chi connectivity index (χ0v) is 10.9. The van der Waals surface area contributed by atoms with Gasteiger partial charge in [-0.05, 0) is 31.5 Å². The van der Waals surface area contributed by atoms with Gasteiger partial charge in [0.25, 0.3) is 0 Å². The SMILES string of the molecule is COc1ccc(C(C)Nc2nc(C)ns2)cc1. The van der Waals surface area contributed by atoms with Crippen molar-refractivity contribution in [1.29, 1.82) is 0 Å². The molecule has 90 valence electrons. The molecule has 0 fully saturated rings. The summed E-state index contributed by atoms with van der Waals surface area (Å²) in [5.41, 5.74) is 1.19. The highest BCUT2D eigenvalue weighted by Gasteiger charge is 2.08. The van der Waals surface area contributed by atoms with E-state index in [1.165, 1.54) is 17.1 Å². The van der Waals surface area contributed by atoms with E-state index in [0.29, 0.717) is 0 Å². The number of ether oxygens (including phenoxy) is 1. The van der Waals surface area contributed by atoms with Crippen LogP contribution < -0.4 is 10.1 Å². The number of anilines is 1. The van der Waals surface area contributed by atoms with Crippen molar-refractivity contribution in [2.75, 3.05) is 12.4 Å². The smallest absolute Gasteiger partial charge is 0.203 e. The van der Waals surface area contributed by atoms with E-state index in [0.717, 1.165) is 16.7 Å². The molecular formula is C12H15N3OS. The number of benzene rings is 1. The Hall–Kier alpha value is -1.62. The van der Waals surface area contributed by atoms with Gasteiger partial charge in [0, 0.05) is 11.5 Å². The summed E-state index contributed by atoms with van der Waals surface area (Å²) in [6.45, 7) is 3.98. The monoisotopic (exact) mass is 249 g/mol. The third-order valence-corrected chi connectivity index (χ3v) is 3.22. The van der Waals surface area contributed by atoms with Crippen LogP contribution in [0.5, 0.6) is 5.75 Å². The van der Waals surface area contributed by atoms with Crippen molar-refractivity contribution < 1.29 is 4.74 Å². The van der Waals surface area contributed by atoms with E-state index in [-0.39, 0.29) is 6.04 Å². The van der Waals surface area contributed by atoms with Crippen LogP contribution in [-0.4, -0.2) is 16.5 Å². The van der Waals surface area contributed by atoms with Crippen LogP contribution in [0, 0.1) is 6.92 Å². The minimum Gasteiger partial charge on any atom is -0.497 e. The highest BCUT2D eigenvalue weighted by molar-refractivity contribution is 7.09. The second-order valence-corrected chi connectivity index (χ2v) is 4.54. The fraction of sp³-hybridized carbons (Fsp3) is 0.333. The lowest BCUT2D eigenvalue weighted by Gasteiger charge is -2.13. The van der Waals surface area contributed by atoms with Crippen molar-refractivity contribution in [1.82, 2.24) is 9.36 Å². The number of aryl methyl sites for hydroxylation is 1. The first-order valence-electron chi connectivity index (χ1n) is 5.40. The van der Waals surface area contributed by atoms with Gasteiger partial charge in [0.05, 0.1) is 13.2 Å². The predicted octanol–water partition coefficient (Wildman–Crippen LogP) is 3.03. The van der Waals surface area contributed by atoms with Gasteiger partial charge in [0.2, 0.25) is 5.13 Å². The molecule has 1 atom stereocenters. The summed E-state index contributed by atoms with van der Waals surface area (Å²) in [6.07, 6.45) is 0. The van der Waals surface area contributed by atoms with Gasteiger partial charge < -0.3 is 10.1 Å². The molecule has 0 aliphatic carbocycles. The number of rotatable bonds is 4. The van der Waals surface area contributed by atoms with E-state index in [9.17, 15) is 0 Å². The summed E-state index contributed by atoms with van der Waals surface area (Å²) < 4.78 is 9.27. The van der Waals surface area contributed by atoms with Gasteiger partial charge in [-0.2, -0.15) is 4.37 Å². The number of aromatic nitrogens is 2. The van der Waals surface area contributed by atoms with Crippen LogP contribution in [0.3, 0.4) is 0 Å². The zero-order chi connectivity index (χ0) is 12.3. The van der Waals surface area contributed by atoms with Gasteiger partial charge in [-0.15, -0.1) is 0 Å². The second kappa shape index (κ2) is 5.14. The average Bonchev–Trinajstić information content (AvgIpc) is 2.75. The molecule has 0 aliphatic rings. The van der Waals surface area contributed by atoms with Crippen molar-refractivity contribution in [2.24, 2.45) is 0 Å². The lowest BCUT2D eigenvalue weighted by molar-refractivity contribution is 0.414. The quantitative estimate of drug-likeness (QED) is 0.904. The van der Waals surface area contributed by atoms with Gasteiger partial charge in [-0.25, -0.2) is 4.98 Å². The number of nitrogens with one attached hydrogen (secondary N) is 1. The maximum atomic E-state index is 5.13. The summed E-state index contributed by atoms with van der Waals surface area (Å²) in [5, 5.41) is 4.17. The van der Waals surface area contributed by atoms with Crippen LogP contribution in [0.15, 0.2) is 24.3 Å². The van der Waals surface area contributed by atoms with Crippen LogP contribution >= 0.6 is 11.5 Å². The van der Waals surface area contributed by atoms with Crippen LogP contribution in [0.2, 0.25) is 0 Å². The van der Waals surface area contributed by atoms with E-state index < -0.39 is 0 Å². The molecule has 4 nitrogen and oxygen atoms in total. The first-order valence-corrected chi connectivity index (χ1v) is 6.17. The van der Waals surface area contributed by atoms with Crippen molar-refractivity contribution in [3.05, 3.63) is 35.7 Å². The lowest BCUT2D eigenvalue weighted by atomic mass is 10.1. The number of hydrogen-bond acceptors (Lipinski definition) is 5. The Balaban J connectivity index is 2.06. The minimum absolute atomic E-state index is 0.202. The van der Waals surface area contributed by atoms with Crippen molar-refractivity contribution in [2.45, 2.75) is 19.9 Å². The number of hydrogen-bond donors (Lipinski definition) is 1. The molecule has 0 bridgehead atoms. The highest BCUT2D eigenvalue weighted by Crippen LogP contribution is 2.22. The Kier molecular flexibility index (Phi) is 3.58. The van der Waals surface area contributed by atoms with E-state index in [2.05, 4.69) is 21.6 Å². The van der Waals surface area contributed by atoms with Crippen molar-refractivity contribution in [3.8, 4) is 5.75 Å². The molecule has 0 saturated carbocycles. The normalized spacial score (nSPS) is 12.2. The summed E-state index contributed by atoms with van der Waals surface area (Å²) in [5.74, 6) is 1.67. The van der Waals surface area contributed by atoms with E-state index in [4.69, 9.17) is 4.74 Å². The standard InChI is InChI=1S/C12H15N3OS/c1-8(13-12-14-9(2)15-17-12)10-4-6-11(16-3)7-5-10/h4-8H,1-3H3,(H,13,14,15). The molecule has 1 unspecified atom stereocenters. The molecule has 1 aromatic carbocycles. The Bertz CT molecular complexity index is 481.